The minimum atomic E-state index is -0.306. The summed E-state index contributed by atoms with van der Waals surface area (Å²) in [6.45, 7) is 10.6. The largest absolute Gasteiger partial charge is 0.492 e. The lowest BCUT2D eigenvalue weighted by Crippen LogP contribution is -2.44. The van der Waals surface area contributed by atoms with Crippen molar-refractivity contribution in [3.8, 4) is 23.0 Å². The molecular weight excluding hydrogens is 404 g/mol. The molecule has 2 aromatic carbocycles. The van der Waals surface area contributed by atoms with Gasteiger partial charge in [0.2, 0.25) is 0 Å². The summed E-state index contributed by atoms with van der Waals surface area (Å²) in [6.07, 6.45) is 4.16. The zero-order chi connectivity index (χ0) is 21.7. The van der Waals surface area contributed by atoms with Crippen LogP contribution in [0.3, 0.4) is 0 Å². The summed E-state index contributed by atoms with van der Waals surface area (Å²) in [5.41, 5.74) is 2.99. The van der Waals surface area contributed by atoms with E-state index in [0.717, 1.165) is 66.8 Å². The maximum absolute atomic E-state index is 6.46. The van der Waals surface area contributed by atoms with Crippen molar-refractivity contribution in [1.29, 1.82) is 0 Å². The van der Waals surface area contributed by atoms with Gasteiger partial charge in [-0.3, -0.25) is 4.90 Å². The molecule has 0 aliphatic carbocycles. The van der Waals surface area contributed by atoms with Crippen LogP contribution in [0.5, 0.6) is 23.0 Å². The number of nitrogens with one attached hydrogen (secondary N) is 1. The number of benzene rings is 2. The third kappa shape index (κ3) is 3.51. The van der Waals surface area contributed by atoms with E-state index in [2.05, 4.69) is 54.4 Å². The topological polar surface area (TPSA) is 52.2 Å². The van der Waals surface area contributed by atoms with Crippen LogP contribution in [0, 0.1) is 0 Å². The van der Waals surface area contributed by atoms with E-state index in [9.17, 15) is 0 Å². The zero-order valence-corrected chi connectivity index (χ0v) is 18.7. The molecule has 0 unspecified atom stereocenters. The van der Waals surface area contributed by atoms with Crippen molar-refractivity contribution in [2.45, 2.75) is 31.5 Å². The van der Waals surface area contributed by atoms with E-state index in [4.69, 9.17) is 18.9 Å². The molecule has 1 saturated heterocycles. The Kier molecular flexibility index (Phi) is 4.81. The lowest BCUT2D eigenvalue weighted by molar-refractivity contribution is 0.134. The highest BCUT2D eigenvalue weighted by Gasteiger charge is 2.42. The summed E-state index contributed by atoms with van der Waals surface area (Å²) >= 11 is 0. The van der Waals surface area contributed by atoms with Gasteiger partial charge in [-0.1, -0.05) is 6.07 Å². The van der Waals surface area contributed by atoms with Crippen molar-refractivity contribution < 1.29 is 18.9 Å². The van der Waals surface area contributed by atoms with E-state index in [-0.39, 0.29) is 17.6 Å². The molecule has 0 spiro atoms. The lowest BCUT2D eigenvalue weighted by Gasteiger charge is -2.33. The molecule has 6 heteroatoms. The number of nitrogens with zero attached hydrogens (tertiary/aromatic N) is 1. The summed E-state index contributed by atoms with van der Waals surface area (Å²) in [6, 6.07) is 10.4. The SMILES string of the molecule is CC1(C)C=Cc2c(ccc3c2OC[C@H]2c4ccc(OCCN5CCNCC5)cc4O[C@@H]32)O1. The van der Waals surface area contributed by atoms with Gasteiger partial charge < -0.3 is 24.3 Å². The Balaban J connectivity index is 1.19. The molecule has 1 fully saturated rings. The average Bonchev–Trinajstić information content (AvgIpc) is 3.17. The van der Waals surface area contributed by atoms with Crippen LogP contribution in [0.4, 0.5) is 0 Å². The highest BCUT2D eigenvalue weighted by Crippen LogP contribution is 2.54. The first-order valence-corrected chi connectivity index (χ1v) is 11.6. The Morgan fingerprint density at radius 3 is 2.81 bits per heavy atom. The molecule has 0 amide bonds. The van der Waals surface area contributed by atoms with Crippen LogP contribution in [-0.2, 0) is 0 Å². The fourth-order valence-electron chi connectivity index (χ4n) is 5.08. The van der Waals surface area contributed by atoms with Crippen molar-refractivity contribution in [1.82, 2.24) is 10.2 Å². The molecule has 0 bridgehead atoms. The van der Waals surface area contributed by atoms with Crippen LogP contribution in [0.1, 0.15) is 42.6 Å². The fourth-order valence-corrected chi connectivity index (χ4v) is 5.08. The molecule has 4 aliphatic rings. The Morgan fingerprint density at radius 2 is 1.94 bits per heavy atom. The van der Waals surface area contributed by atoms with E-state index in [1.165, 1.54) is 5.56 Å². The van der Waals surface area contributed by atoms with Gasteiger partial charge in [-0.2, -0.15) is 0 Å². The Bertz CT molecular complexity index is 1060. The van der Waals surface area contributed by atoms with Crippen LogP contribution in [0.15, 0.2) is 36.4 Å². The number of rotatable bonds is 4. The maximum Gasteiger partial charge on any atom is 0.138 e. The molecule has 168 valence electrons. The van der Waals surface area contributed by atoms with Crippen LogP contribution >= 0.6 is 0 Å². The van der Waals surface area contributed by atoms with Gasteiger partial charge in [0, 0.05) is 49.9 Å². The summed E-state index contributed by atoms with van der Waals surface area (Å²) in [7, 11) is 0. The van der Waals surface area contributed by atoms with Crippen LogP contribution in [0.25, 0.3) is 6.08 Å². The number of piperazine rings is 1. The minimum Gasteiger partial charge on any atom is -0.492 e. The van der Waals surface area contributed by atoms with Crippen molar-refractivity contribution in [2.75, 3.05) is 45.9 Å². The zero-order valence-electron chi connectivity index (χ0n) is 18.7. The number of ether oxygens (including phenoxy) is 4. The highest BCUT2D eigenvalue weighted by atomic mass is 16.5. The van der Waals surface area contributed by atoms with Crippen LogP contribution < -0.4 is 24.3 Å². The Labute approximate surface area is 189 Å². The lowest BCUT2D eigenvalue weighted by atomic mass is 9.87. The first-order chi connectivity index (χ1) is 15.6. The molecule has 6 nitrogen and oxygen atoms in total. The third-order valence-corrected chi connectivity index (χ3v) is 6.81. The summed E-state index contributed by atoms with van der Waals surface area (Å²) in [5, 5.41) is 3.38. The van der Waals surface area contributed by atoms with Gasteiger partial charge >= 0.3 is 0 Å². The van der Waals surface area contributed by atoms with Crippen molar-refractivity contribution in [3.05, 3.63) is 53.1 Å². The smallest absolute Gasteiger partial charge is 0.138 e. The highest BCUT2D eigenvalue weighted by molar-refractivity contribution is 5.70. The fraction of sp³-hybridized carbons (Fsp3) is 0.462. The maximum atomic E-state index is 6.46. The second-order valence-electron chi connectivity index (χ2n) is 9.53. The molecular formula is C26H30N2O4. The molecule has 1 N–H and O–H groups in total. The van der Waals surface area contributed by atoms with Gasteiger partial charge in [-0.15, -0.1) is 0 Å². The normalized spacial score (nSPS) is 24.8. The standard InChI is InChI=1S/C26H30N2O4/c1-26(2)8-7-19-22(32-26)6-5-20-24(19)30-16-21-18-4-3-17(15-23(18)31-25(20)21)29-14-13-28-11-9-27-10-12-28/h3-8,15,21,25,27H,9-14,16H2,1-2H3/t21-,25-/m0/s1. The first kappa shape index (κ1) is 19.9. The molecule has 0 saturated carbocycles. The Hall–Kier alpha value is -2.70. The molecule has 0 aromatic heterocycles. The van der Waals surface area contributed by atoms with Crippen molar-refractivity contribution >= 4 is 6.08 Å². The summed E-state index contributed by atoms with van der Waals surface area (Å²) in [5.74, 6) is 3.71. The second kappa shape index (κ2) is 7.71. The van der Waals surface area contributed by atoms with Gasteiger partial charge in [-0.25, -0.2) is 0 Å². The van der Waals surface area contributed by atoms with E-state index in [0.29, 0.717) is 13.2 Å². The van der Waals surface area contributed by atoms with Crippen molar-refractivity contribution in [2.24, 2.45) is 0 Å². The minimum absolute atomic E-state index is 0.0431. The predicted octanol–water partition coefficient (Wildman–Crippen LogP) is 3.76. The molecule has 4 heterocycles. The average molecular weight is 435 g/mol. The monoisotopic (exact) mass is 434 g/mol. The Morgan fingerprint density at radius 1 is 1.09 bits per heavy atom. The second-order valence-corrected chi connectivity index (χ2v) is 9.53. The van der Waals surface area contributed by atoms with E-state index < -0.39 is 0 Å². The van der Waals surface area contributed by atoms with E-state index in [1.807, 2.05) is 12.1 Å². The molecule has 4 aliphatic heterocycles. The predicted molar refractivity (Wildman–Crippen MR) is 123 cm³/mol. The van der Waals surface area contributed by atoms with Crippen LogP contribution in [0.2, 0.25) is 0 Å². The van der Waals surface area contributed by atoms with Gasteiger partial charge in [0.25, 0.3) is 0 Å². The van der Waals surface area contributed by atoms with Gasteiger partial charge in [-0.05, 0) is 44.2 Å². The van der Waals surface area contributed by atoms with E-state index in [1.54, 1.807) is 0 Å². The molecule has 6 rings (SSSR count). The van der Waals surface area contributed by atoms with E-state index >= 15 is 0 Å². The van der Waals surface area contributed by atoms with Crippen molar-refractivity contribution in [3.63, 3.8) is 0 Å². The summed E-state index contributed by atoms with van der Waals surface area (Å²) in [4.78, 5) is 2.43. The molecule has 32 heavy (non-hydrogen) atoms. The number of fused-ring (bicyclic) bond motifs is 7. The third-order valence-electron chi connectivity index (χ3n) is 6.81. The molecule has 2 aromatic rings. The van der Waals surface area contributed by atoms with Gasteiger partial charge in [0.15, 0.2) is 0 Å². The quantitative estimate of drug-likeness (QED) is 0.791. The number of hydrogen-bond acceptors (Lipinski definition) is 6. The van der Waals surface area contributed by atoms with Gasteiger partial charge in [0.1, 0.15) is 41.3 Å². The molecule has 0 radical (unpaired) electrons. The van der Waals surface area contributed by atoms with Gasteiger partial charge in [0.05, 0.1) is 18.1 Å². The molecule has 2 atom stereocenters. The first-order valence-electron chi connectivity index (χ1n) is 11.6. The number of hydrogen-bond donors (Lipinski definition) is 1. The summed E-state index contributed by atoms with van der Waals surface area (Å²) < 4.78 is 24.9. The van der Waals surface area contributed by atoms with Crippen LogP contribution in [-0.4, -0.2) is 56.4 Å².